The second kappa shape index (κ2) is 9.02. The van der Waals surface area contributed by atoms with E-state index in [1.807, 2.05) is 25.1 Å². The molecule has 0 bridgehead atoms. The molecule has 1 fully saturated rings. The van der Waals surface area contributed by atoms with Gasteiger partial charge in [-0.05, 0) is 58.8 Å². The zero-order valence-corrected chi connectivity index (χ0v) is 20.7. The Hall–Kier alpha value is -2.13. The van der Waals surface area contributed by atoms with Gasteiger partial charge in [0.1, 0.15) is 17.9 Å². The summed E-state index contributed by atoms with van der Waals surface area (Å²) in [5, 5.41) is 4.49. The van der Waals surface area contributed by atoms with Crippen LogP contribution in [0, 0.1) is 6.92 Å². The Morgan fingerprint density at radius 2 is 2.00 bits per heavy atom. The average molecular weight is 562 g/mol. The summed E-state index contributed by atoms with van der Waals surface area (Å²) in [5.74, 6) is 0.658. The van der Waals surface area contributed by atoms with Crippen LogP contribution in [0.5, 0.6) is 5.75 Å². The van der Waals surface area contributed by atoms with Crippen LogP contribution in [0.1, 0.15) is 17.2 Å². The fraction of sp³-hybridized carbons (Fsp3) is 0.292. The Balaban J connectivity index is 1.40. The molecule has 2 aromatic carbocycles. The van der Waals surface area contributed by atoms with Crippen molar-refractivity contribution in [1.29, 1.82) is 0 Å². The zero-order valence-electron chi connectivity index (χ0n) is 17.5. The van der Waals surface area contributed by atoms with Gasteiger partial charge in [-0.25, -0.2) is 4.79 Å². The lowest BCUT2D eigenvalue weighted by Gasteiger charge is -2.33. The molecule has 3 heterocycles. The van der Waals surface area contributed by atoms with Crippen molar-refractivity contribution in [1.82, 2.24) is 4.90 Å². The van der Waals surface area contributed by atoms with Crippen LogP contribution in [-0.2, 0) is 4.74 Å². The maximum absolute atomic E-state index is 11.7. The van der Waals surface area contributed by atoms with E-state index in [4.69, 9.17) is 13.9 Å². The highest BCUT2D eigenvalue weighted by atomic mass is 79.9. The maximum Gasteiger partial charge on any atom is 0.336 e. The number of ether oxygens (including phenoxy) is 2. The summed E-state index contributed by atoms with van der Waals surface area (Å²) in [6, 6.07) is 11.4. The van der Waals surface area contributed by atoms with Crippen molar-refractivity contribution >= 4 is 48.5 Å². The van der Waals surface area contributed by atoms with Crippen LogP contribution in [0.15, 0.2) is 66.3 Å². The first-order valence-corrected chi connectivity index (χ1v) is 12.0. The van der Waals surface area contributed by atoms with Gasteiger partial charge >= 0.3 is 5.63 Å². The number of hydrogen-bond acceptors (Lipinski definition) is 6. The molecule has 0 spiro atoms. The fourth-order valence-electron chi connectivity index (χ4n) is 4.34. The van der Waals surface area contributed by atoms with E-state index in [0.717, 1.165) is 57.6 Å². The molecule has 1 N–H and O–H groups in total. The van der Waals surface area contributed by atoms with E-state index in [1.165, 1.54) is 11.6 Å². The number of morpholine rings is 1. The molecule has 2 aliphatic rings. The number of anilines is 1. The number of halogens is 2. The molecule has 0 saturated carbocycles. The van der Waals surface area contributed by atoms with Crippen molar-refractivity contribution < 1.29 is 13.9 Å². The van der Waals surface area contributed by atoms with Gasteiger partial charge in [0, 0.05) is 50.8 Å². The van der Waals surface area contributed by atoms with Gasteiger partial charge in [0.25, 0.3) is 0 Å². The lowest BCUT2D eigenvalue weighted by atomic mass is 10.0. The number of rotatable bonds is 4. The molecule has 0 amide bonds. The molecule has 5 rings (SSSR count). The van der Waals surface area contributed by atoms with Gasteiger partial charge in [-0.1, -0.05) is 15.9 Å². The first kappa shape index (κ1) is 21.7. The first-order chi connectivity index (χ1) is 15.5. The second-order valence-corrected chi connectivity index (χ2v) is 9.67. The molecule has 2 aliphatic heterocycles. The molecule has 8 heteroatoms. The van der Waals surface area contributed by atoms with Crippen LogP contribution in [0.25, 0.3) is 11.0 Å². The summed E-state index contributed by atoms with van der Waals surface area (Å²) >= 11 is 7.31. The van der Waals surface area contributed by atoms with Crippen LogP contribution in [0.2, 0.25) is 0 Å². The molecule has 166 valence electrons. The van der Waals surface area contributed by atoms with E-state index >= 15 is 0 Å². The minimum Gasteiger partial charge on any atom is -0.489 e. The third-order valence-electron chi connectivity index (χ3n) is 5.83. The van der Waals surface area contributed by atoms with Crippen molar-refractivity contribution in [3.8, 4) is 5.75 Å². The predicted octanol–water partition coefficient (Wildman–Crippen LogP) is 5.39. The Labute approximate surface area is 202 Å². The quantitative estimate of drug-likeness (QED) is 0.431. The van der Waals surface area contributed by atoms with Crippen LogP contribution < -0.4 is 15.7 Å². The lowest BCUT2D eigenvalue weighted by molar-refractivity contribution is 0.0243. The summed E-state index contributed by atoms with van der Waals surface area (Å²) in [6.45, 7) is 5.49. The van der Waals surface area contributed by atoms with Gasteiger partial charge < -0.3 is 19.2 Å². The number of aryl methyl sites for hydroxylation is 1. The molecule has 32 heavy (non-hydrogen) atoms. The van der Waals surface area contributed by atoms with E-state index in [9.17, 15) is 4.79 Å². The topological polar surface area (TPSA) is 63.9 Å². The number of hydrogen-bond donors (Lipinski definition) is 1. The molecule has 0 radical (unpaired) electrons. The molecular formula is C24H22Br2N2O4. The number of nitrogens with one attached hydrogen (secondary N) is 1. The van der Waals surface area contributed by atoms with Crippen molar-refractivity contribution in [2.24, 2.45) is 0 Å². The maximum atomic E-state index is 11.7. The standard InChI is InChI=1S/C24H22Br2N2O4/c1-14-10-22(29)32-21-13-16(2-3-17(14)21)31-7-4-20-24(28-5-8-30-9-6-28)18-11-15(25)12-19(26)23(18)27-20/h2-4,10-13,24,27H,5-9H2,1H3. The van der Waals surface area contributed by atoms with E-state index in [2.05, 4.69) is 54.2 Å². The molecule has 0 aliphatic carbocycles. The van der Waals surface area contributed by atoms with E-state index < -0.39 is 0 Å². The Bertz CT molecular complexity index is 1260. The normalized spacial score (nSPS) is 19.8. The smallest absolute Gasteiger partial charge is 0.336 e. The molecule has 6 nitrogen and oxygen atoms in total. The summed E-state index contributed by atoms with van der Waals surface area (Å²) < 4.78 is 19.0. The van der Waals surface area contributed by atoms with Gasteiger partial charge in [-0.15, -0.1) is 0 Å². The monoisotopic (exact) mass is 560 g/mol. The van der Waals surface area contributed by atoms with Crippen LogP contribution in [0.4, 0.5) is 5.69 Å². The number of fused-ring (bicyclic) bond motifs is 2. The molecule has 3 aromatic rings. The summed E-state index contributed by atoms with van der Waals surface area (Å²) in [7, 11) is 0. The van der Waals surface area contributed by atoms with E-state index in [0.29, 0.717) is 17.9 Å². The highest BCUT2D eigenvalue weighted by molar-refractivity contribution is 9.11. The largest absolute Gasteiger partial charge is 0.489 e. The minimum atomic E-state index is -0.354. The molecule has 1 unspecified atom stereocenters. The summed E-state index contributed by atoms with van der Waals surface area (Å²) in [4.78, 5) is 14.1. The highest BCUT2D eigenvalue weighted by Gasteiger charge is 2.34. The van der Waals surface area contributed by atoms with Crippen LogP contribution in [0.3, 0.4) is 0 Å². The first-order valence-electron chi connectivity index (χ1n) is 10.4. The SMILES string of the molecule is Cc1cc(=O)oc2cc(OCC=C3Nc4c(Br)cc(Br)cc4C3N3CCOCC3)ccc12. The van der Waals surface area contributed by atoms with E-state index in [1.54, 1.807) is 6.07 Å². The summed E-state index contributed by atoms with van der Waals surface area (Å²) in [6.07, 6.45) is 2.08. The van der Waals surface area contributed by atoms with Crippen molar-refractivity contribution in [3.05, 3.63) is 78.7 Å². The van der Waals surface area contributed by atoms with Gasteiger partial charge in [0.05, 0.1) is 24.9 Å². The lowest BCUT2D eigenvalue weighted by Crippen LogP contribution is -2.39. The van der Waals surface area contributed by atoms with Crippen LogP contribution >= 0.6 is 31.9 Å². The van der Waals surface area contributed by atoms with Crippen molar-refractivity contribution in [3.63, 3.8) is 0 Å². The van der Waals surface area contributed by atoms with Crippen LogP contribution in [-0.4, -0.2) is 37.8 Å². The molecule has 1 saturated heterocycles. The van der Waals surface area contributed by atoms with Gasteiger partial charge in [0.15, 0.2) is 0 Å². The fourth-order valence-corrected chi connectivity index (χ4v) is 5.69. The molecular weight excluding hydrogens is 540 g/mol. The third kappa shape index (κ3) is 4.24. The van der Waals surface area contributed by atoms with Gasteiger partial charge in [0.2, 0.25) is 0 Å². The molecule has 1 atom stereocenters. The number of nitrogens with zero attached hydrogens (tertiary/aromatic N) is 1. The minimum absolute atomic E-state index is 0.114. The zero-order chi connectivity index (χ0) is 22.2. The Kier molecular flexibility index (Phi) is 6.11. The number of benzene rings is 2. The van der Waals surface area contributed by atoms with Gasteiger partial charge in [-0.2, -0.15) is 0 Å². The summed E-state index contributed by atoms with van der Waals surface area (Å²) in [5.41, 5.74) is 4.46. The Morgan fingerprint density at radius 1 is 1.19 bits per heavy atom. The highest BCUT2D eigenvalue weighted by Crippen LogP contribution is 2.46. The Morgan fingerprint density at radius 3 is 2.81 bits per heavy atom. The third-order valence-corrected chi connectivity index (χ3v) is 6.91. The average Bonchev–Trinajstić information content (AvgIpc) is 3.12. The second-order valence-electron chi connectivity index (χ2n) is 7.90. The van der Waals surface area contributed by atoms with E-state index in [-0.39, 0.29) is 11.7 Å². The van der Waals surface area contributed by atoms with Crippen molar-refractivity contribution in [2.45, 2.75) is 13.0 Å². The molecule has 1 aromatic heterocycles. The van der Waals surface area contributed by atoms with Crippen molar-refractivity contribution in [2.75, 3.05) is 38.2 Å². The predicted molar refractivity (Wildman–Crippen MR) is 131 cm³/mol. The van der Waals surface area contributed by atoms with Gasteiger partial charge in [-0.3, -0.25) is 4.90 Å².